The normalized spacial score (nSPS) is 46.0. The second kappa shape index (κ2) is 6.84. The number of rotatable bonds is 3. The van der Waals surface area contributed by atoms with E-state index in [4.69, 9.17) is 28.7 Å². The second-order valence-electron chi connectivity index (χ2n) is 9.43. The van der Waals surface area contributed by atoms with Gasteiger partial charge in [-0.2, -0.15) is 0 Å². The van der Waals surface area contributed by atoms with Crippen molar-refractivity contribution in [2.24, 2.45) is 23.7 Å². The van der Waals surface area contributed by atoms with Crippen molar-refractivity contribution < 1.29 is 28.7 Å². The summed E-state index contributed by atoms with van der Waals surface area (Å²) in [5.74, 6) is 2.25. The van der Waals surface area contributed by atoms with E-state index in [9.17, 15) is 0 Å². The quantitative estimate of drug-likeness (QED) is 0.685. The summed E-state index contributed by atoms with van der Waals surface area (Å²) in [6, 6.07) is 5.93. The SMILES string of the molecule is COc1ccc([C@@H]2O[C@@H]3O[C@@]4(C)CC[C@H]5[C@H](C)CC[C@@H]([C@@H]2C)[C@@]35OO4)c(OC)c1. The predicted molar refractivity (Wildman–Crippen MR) is 105 cm³/mol. The smallest absolute Gasteiger partial charge is 0.201 e. The molecule has 4 aliphatic heterocycles. The molecule has 1 aliphatic carbocycles. The summed E-state index contributed by atoms with van der Waals surface area (Å²) in [7, 11) is 3.35. The summed E-state index contributed by atoms with van der Waals surface area (Å²) in [5, 5.41) is 0. The standard InChI is InChI=1S/C23H32O6/c1-13-6-9-18-14(2)20(16-8-7-15(24-4)12-19(16)25-5)26-21-23(18)17(13)10-11-22(3,27-21)28-29-23/h7-8,12-14,17-18,20-21H,6,9-11H2,1-5H3/t13-,14+,17+,18+,20-,21-,22-,23-/m1/s1. The first-order valence-corrected chi connectivity index (χ1v) is 10.8. The van der Waals surface area contributed by atoms with Gasteiger partial charge in [-0.05, 0) is 56.1 Å². The Hall–Kier alpha value is -1.34. The van der Waals surface area contributed by atoms with E-state index >= 15 is 0 Å². The molecular weight excluding hydrogens is 372 g/mol. The van der Waals surface area contributed by atoms with E-state index in [0.29, 0.717) is 17.8 Å². The van der Waals surface area contributed by atoms with Gasteiger partial charge in [-0.3, -0.25) is 0 Å². The fourth-order valence-corrected chi connectivity index (χ4v) is 6.31. The summed E-state index contributed by atoms with van der Waals surface area (Å²) in [6.45, 7) is 6.56. The predicted octanol–water partition coefficient (Wildman–Crippen LogP) is 4.63. The molecule has 6 heteroatoms. The van der Waals surface area contributed by atoms with Crippen LogP contribution in [0.25, 0.3) is 0 Å². The molecule has 1 aromatic rings. The minimum Gasteiger partial charge on any atom is -0.497 e. The summed E-state index contributed by atoms with van der Waals surface area (Å²) < 4.78 is 24.2. The van der Waals surface area contributed by atoms with Crippen LogP contribution in [-0.2, 0) is 19.2 Å². The highest BCUT2D eigenvalue weighted by Gasteiger charge is 2.69. The van der Waals surface area contributed by atoms with Crippen molar-refractivity contribution in [2.45, 2.75) is 70.2 Å². The molecule has 0 amide bonds. The van der Waals surface area contributed by atoms with Crippen molar-refractivity contribution >= 4 is 0 Å². The molecule has 6 nitrogen and oxygen atoms in total. The van der Waals surface area contributed by atoms with Crippen molar-refractivity contribution in [3.8, 4) is 11.5 Å². The highest BCUT2D eigenvalue weighted by Crippen LogP contribution is 2.62. The third kappa shape index (κ3) is 2.76. The second-order valence-corrected chi connectivity index (χ2v) is 9.43. The zero-order valence-electron chi connectivity index (χ0n) is 18.0. The van der Waals surface area contributed by atoms with Gasteiger partial charge >= 0.3 is 0 Å². The van der Waals surface area contributed by atoms with Crippen molar-refractivity contribution in [1.82, 2.24) is 0 Å². The van der Waals surface area contributed by atoms with Crippen LogP contribution >= 0.6 is 0 Å². The fraction of sp³-hybridized carbons (Fsp3) is 0.739. The van der Waals surface area contributed by atoms with Crippen LogP contribution in [0.2, 0.25) is 0 Å². The van der Waals surface area contributed by atoms with Crippen LogP contribution in [-0.4, -0.2) is 31.9 Å². The molecule has 4 saturated heterocycles. The number of ether oxygens (including phenoxy) is 4. The molecule has 5 fully saturated rings. The van der Waals surface area contributed by atoms with E-state index in [1.54, 1.807) is 14.2 Å². The maximum Gasteiger partial charge on any atom is 0.201 e. The number of hydrogen-bond acceptors (Lipinski definition) is 6. The fourth-order valence-electron chi connectivity index (χ4n) is 6.31. The molecule has 0 radical (unpaired) electrons. The van der Waals surface area contributed by atoms with Gasteiger partial charge in [-0.1, -0.05) is 13.8 Å². The molecule has 1 spiro atoms. The lowest BCUT2D eigenvalue weighted by Crippen LogP contribution is -2.69. The Morgan fingerprint density at radius 1 is 1.00 bits per heavy atom. The van der Waals surface area contributed by atoms with E-state index in [-0.39, 0.29) is 12.0 Å². The Morgan fingerprint density at radius 2 is 1.83 bits per heavy atom. The first-order valence-electron chi connectivity index (χ1n) is 10.8. The molecule has 0 aromatic heterocycles. The van der Waals surface area contributed by atoms with Gasteiger partial charge in [0.25, 0.3) is 0 Å². The van der Waals surface area contributed by atoms with Gasteiger partial charge in [-0.15, -0.1) is 0 Å². The molecule has 0 N–H and O–H groups in total. The first-order chi connectivity index (χ1) is 13.9. The van der Waals surface area contributed by atoms with Crippen LogP contribution in [0.4, 0.5) is 0 Å². The minimum atomic E-state index is -0.757. The van der Waals surface area contributed by atoms with Crippen LogP contribution in [0, 0.1) is 23.7 Å². The third-order valence-corrected chi connectivity index (χ3v) is 7.91. The molecule has 8 atom stereocenters. The van der Waals surface area contributed by atoms with E-state index in [0.717, 1.165) is 36.3 Å². The molecule has 1 saturated carbocycles. The van der Waals surface area contributed by atoms with Gasteiger partial charge in [0.15, 0.2) is 11.9 Å². The first kappa shape index (κ1) is 19.6. The van der Waals surface area contributed by atoms with E-state index < -0.39 is 17.7 Å². The van der Waals surface area contributed by atoms with Gasteiger partial charge in [0.2, 0.25) is 5.79 Å². The van der Waals surface area contributed by atoms with Crippen LogP contribution in [0.1, 0.15) is 58.1 Å². The lowest BCUT2D eigenvalue weighted by molar-refractivity contribution is -0.571. The van der Waals surface area contributed by atoms with Crippen LogP contribution in [0.3, 0.4) is 0 Å². The molecule has 6 rings (SSSR count). The topological polar surface area (TPSA) is 55.4 Å². The maximum atomic E-state index is 6.71. The lowest BCUT2D eigenvalue weighted by atomic mass is 9.57. The van der Waals surface area contributed by atoms with Crippen LogP contribution < -0.4 is 9.47 Å². The average Bonchev–Trinajstić information content (AvgIpc) is 2.96. The number of methoxy groups -OCH3 is 2. The molecule has 4 heterocycles. The zero-order valence-corrected chi connectivity index (χ0v) is 18.0. The van der Waals surface area contributed by atoms with Gasteiger partial charge in [0, 0.05) is 24.0 Å². The minimum absolute atomic E-state index is 0.142. The summed E-state index contributed by atoms with van der Waals surface area (Å²) in [5.41, 5.74) is 0.490. The Labute approximate surface area is 172 Å². The van der Waals surface area contributed by atoms with E-state index in [2.05, 4.69) is 13.8 Å². The molecule has 5 aliphatic rings. The Morgan fingerprint density at radius 3 is 2.59 bits per heavy atom. The van der Waals surface area contributed by atoms with Gasteiger partial charge < -0.3 is 18.9 Å². The molecule has 29 heavy (non-hydrogen) atoms. The monoisotopic (exact) mass is 404 g/mol. The Kier molecular flexibility index (Phi) is 4.63. The average molecular weight is 405 g/mol. The van der Waals surface area contributed by atoms with Crippen molar-refractivity contribution in [2.75, 3.05) is 14.2 Å². The maximum absolute atomic E-state index is 6.71. The molecule has 160 valence electrons. The van der Waals surface area contributed by atoms with Crippen LogP contribution in [0.15, 0.2) is 18.2 Å². The number of benzene rings is 1. The van der Waals surface area contributed by atoms with Crippen molar-refractivity contribution in [3.63, 3.8) is 0 Å². The molecule has 2 bridgehead atoms. The van der Waals surface area contributed by atoms with Crippen molar-refractivity contribution in [1.29, 1.82) is 0 Å². The summed E-state index contributed by atoms with van der Waals surface area (Å²) in [4.78, 5) is 12.1. The largest absolute Gasteiger partial charge is 0.497 e. The molecular formula is C23H32O6. The van der Waals surface area contributed by atoms with Gasteiger partial charge in [0.05, 0.1) is 20.3 Å². The van der Waals surface area contributed by atoms with Gasteiger partial charge in [0.1, 0.15) is 11.5 Å². The number of hydrogen-bond donors (Lipinski definition) is 0. The van der Waals surface area contributed by atoms with Crippen LogP contribution in [0.5, 0.6) is 11.5 Å². The summed E-state index contributed by atoms with van der Waals surface area (Å²) >= 11 is 0. The third-order valence-electron chi connectivity index (χ3n) is 7.91. The highest BCUT2D eigenvalue weighted by molar-refractivity contribution is 5.42. The van der Waals surface area contributed by atoms with Gasteiger partial charge in [-0.25, -0.2) is 9.78 Å². The Balaban J connectivity index is 1.57. The lowest BCUT2D eigenvalue weighted by Gasteiger charge is -2.60. The Bertz CT molecular complexity index is 783. The molecule has 0 unspecified atom stereocenters. The number of fused-ring (bicyclic) bond motifs is 2. The highest BCUT2D eigenvalue weighted by atomic mass is 17.3. The van der Waals surface area contributed by atoms with E-state index in [1.165, 1.54) is 6.42 Å². The van der Waals surface area contributed by atoms with E-state index in [1.807, 2.05) is 25.1 Å². The molecule has 1 aromatic carbocycles. The zero-order chi connectivity index (χ0) is 20.4. The summed E-state index contributed by atoms with van der Waals surface area (Å²) in [6.07, 6.45) is 3.54. The van der Waals surface area contributed by atoms with Crippen molar-refractivity contribution in [3.05, 3.63) is 23.8 Å².